The van der Waals surface area contributed by atoms with E-state index in [2.05, 4.69) is 4.72 Å². The number of hydrogen-bond acceptors (Lipinski definition) is 3. The monoisotopic (exact) mass is 316 g/mol. The van der Waals surface area contributed by atoms with Crippen LogP contribution in [0.3, 0.4) is 0 Å². The van der Waals surface area contributed by atoms with Crippen molar-refractivity contribution < 1.29 is 18.3 Å². The highest BCUT2D eigenvalue weighted by molar-refractivity contribution is 7.89. The fourth-order valence-corrected chi connectivity index (χ4v) is 3.76. The molecule has 7 heteroatoms. The Balaban J connectivity index is 3.21. The van der Waals surface area contributed by atoms with Gasteiger partial charge in [-0.25, -0.2) is 17.9 Å². The van der Waals surface area contributed by atoms with E-state index in [-0.39, 0.29) is 16.6 Å². The van der Waals surface area contributed by atoms with Gasteiger partial charge >= 0.3 is 5.97 Å². The Morgan fingerprint density at radius 1 is 1.43 bits per heavy atom. The number of nitrogens with zero attached hydrogens (tertiary/aromatic N) is 1. The van der Waals surface area contributed by atoms with Gasteiger partial charge in [0.1, 0.15) is 10.6 Å². The number of aromatic nitrogens is 1. The summed E-state index contributed by atoms with van der Waals surface area (Å²) in [7, 11) is -3.74. The minimum absolute atomic E-state index is 0.0159. The van der Waals surface area contributed by atoms with Crippen LogP contribution in [-0.4, -0.2) is 29.6 Å². The van der Waals surface area contributed by atoms with Gasteiger partial charge in [-0.3, -0.25) is 0 Å². The van der Waals surface area contributed by atoms with Crippen LogP contribution in [0.15, 0.2) is 17.2 Å². The molecule has 0 amide bonds. The molecule has 0 bridgehead atoms. The minimum Gasteiger partial charge on any atom is -0.477 e. The van der Waals surface area contributed by atoms with Crippen molar-refractivity contribution in [3.63, 3.8) is 0 Å². The zero-order valence-electron chi connectivity index (χ0n) is 13.2. The fraction of sp³-hybridized carbons (Fsp3) is 0.643. The number of sulfonamides is 1. The number of carboxylic acid groups (broad SMARTS) is 1. The highest BCUT2D eigenvalue weighted by Crippen LogP contribution is 2.21. The lowest BCUT2D eigenvalue weighted by molar-refractivity contribution is 0.0683. The first-order valence-electron chi connectivity index (χ1n) is 6.99. The lowest BCUT2D eigenvalue weighted by atomic mass is 10.0. The molecule has 2 N–H and O–H groups in total. The molecule has 0 aliphatic heterocycles. The Morgan fingerprint density at radius 2 is 2.00 bits per heavy atom. The molecular weight excluding hydrogens is 292 g/mol. The molecule has 0 aromatic carbocycles. The molecule has 6 nitrogen and oxygen atoms in total. The smallest absolute Gasteiger partial charge is 0.352 e. The van der Waals surface area contributed by atoms with Gasteiger partial charge in [0.2, 0.25) is 10.0 Å². The van der Waals surface area contributed by atoms with Gasteiger partial charge in [0.25, 0.3) is 0 Å². The van der Waals surface area contributed by atoms with Crippen LogP contribution in [0.2, 0.25) is 0 Å². The quantitative estimate of drug-likeness (QED) is 0.809. The molecule has 1 rings (SSSR count). The van der Waals surface area contributed by atoms with Crippen LogP contribution in [0.1, 0.15) is 64.0 Å². The van der Waals surface area contributed by atoms with E-state index in [0.29, 0.717) is 6.42 Å². The van der Waals surface area contributed by atoms with Gasteiger partial charge in [-0.05, 0) is 40.2 Å². The van der Waals surface area contributed by atoms with Gasteiger partial charge in [-0.2, -0.15) is 0 Å². The fourth-order valence-electron chi connectivity index (χ4n) is 2.30. The van der Waals surface area contributed by atoms with Crippen LogP contribution in [-0.2, 0) is 10.0 Å². The van der Waals surface area contributed by atoms with E-state index >= 15 is 0 Å². The molecule has 0 aliphatic rings. The largest absolute Gasteiger partial charge is 0.477 e. The van der Waals surface area contributed by atoms with Crippen molar-refractivity contribution in [2.24, 2.45) is 0 Å². The summed E-state index contributed by atoms with van der Waals surface area (Å²) >= 11 is 0. The second-order valence-corrected chi connectivity index (χ2v) is 7.79. The Kier molecular flexibility index (Phi) is 5.22. The van der Waals surface area contributed by atoms with Crippen molar-refractivity contribution in [2.75, 3.05) is 0 Å². The van der Waals surface area contributed by atoms with Crippen LogP contribution in [0.4, 0.5) is 0 Å². The van der Waals surface area contributed by atoms with Gasteiger partial charge in [-0.1, -0.05) is 13.3 Å². The number of hydrogen-bond donors (Lipinski definition) is 2. The van der Waals surface area contributed by atoms with E-state index in [1.54, 1.807) is 13.8 Å². The molecule has 0 fully saturated rings. The highest BCUT2D eigenvalue weighted by Gasteiger charge is 2.28. The molecule has 0 aliphatic carbocycles. The summed E-state index contributed by atoms with van der Waals surface area (Å²) in [5.74, 6) is -1.14. The van der Waals surface area contributed by atoms with Crippen molar-refractivity contribution >= 4 is 16.0 Å². The number of carbonyl (C=O) groups is 1. The van der Waals surface area contributed by atoms with Crippen molar-refractivity contribution in [2.45, 2.75) is 63.9 Å². The molecular formula is C14H24N2O4S. The summed E-state index contributed by atoms with van der Waals surface area (Å²) in [6.45, 7) is 9.21. The second kappa shape index (κ2) is 6.19. The zero-order chi connectivity index (χ0) is 16.4. The van der Waals surface area contributed by atoms with Crippen molar-refractivity contribution in [3.05, 3.63) is 18.0 Å². The molecule has 0 unspecified atom stereocenters. The molecule has 1 heterocycles. The summed E-state index contributed by atoms with van der Waals surface area (Å²) in [6, 6.07) is 1.07. The summed E-state index contributed by atoms with van der Waals surface area (Å²) in [6.07, 6.45) is 2.92. The molecule has 0 saturated heterocycles. The van der Waals surface area contributed by atoms with Crippen LogP contribution in [0, 0.1) is 0 Å². The van der Waals surface area contributed by atoms with E-state index in [4.69, 9.17) is 0 Å². The van der Waals surface area contributed by atoms with E-state index in [9.17, 15) is 18.3 Å². The third-order valence-corrected chi connectivity index (χ3v) is 4.86. The Labute approximate surface area is 126 Å². The van der Waals surface area contributed by atoms with E-state index in [0.717, 1.165) is 6.42 Å². The Hall–Kier alpha value is -1.34. The maximum atomic E-state index is 12.4. The SMILES string of the molecule is CCCC(C)(C)NS(=O)(=O)c1cc(C(=O)O)n(C(C)C)c1. The number of rotatable bonds is 7. The summed E-state index contributed by atoms with van der Waals surface area (Å²) in [4.78, 5) is 11.2. The molecule has 0 radical (unpaired) electrons. The molecule has 0 spiro atoms. The van der Waals surface area contributed by atoms with Crippen molar-refractivity contribution in [1.82, 2.24) is 9.29 Å². The van der Waals surface area contributed by atoms with Gasteiger partial charge in [0, 0.05) is 17.8 Å². The van der Waals surface area contributed by atoms with Crippen molar-refractivity contribution in [3.8, 4) is 0 Å². The van der Waals surface area contributed by atoms with Gasteiger partial charge in [0.05, 0.1) is 0 Å². The van der Waals surface area contributed by atoms with Gasteiger partial charge < -0.3 is 9.67 Å². The second-order valence-electron chi connectivity index (χ2n) is 6.11. The molecule has 0 atom stereocenters. The van der Waals surface area contributed by atoms with Crippen LogP contribution < -0.4 is 4.72 Å². The first kappa shape index (κ1) is 17.7. The Morgan fingerprint density at radius 3 is 2.38 bits per heavy atom. The predicted octanol–water partition coefficient (Wildman–Crippen LogP) is 2.62. The highest BCUT2D eigenvalue weighted by atomic mass is 32.2. The van der Waals surface area contributed by atoms with Crippen LogP contribution in [0.25, 0.3) is 0 Å². The summed E-state index contributed by atoms with van der Waals surface area (Å²) < 4.78 is 28.9. The lowest BCUT2D eigenvalue weighted by Crippen LogP contribution is -2.43. The van der Waals surface area contributed by atoms with E-state index in [1.165, 1.54) is 16.8 Å². The van der Waals surface area contributed by atoms with Crippen LogP contribution in [0.5, 0.6) is 0 Å². The average molecular weight is 316 g/mol. The van der Waals surface area contributed by atoms with Crippen LogP contribution >= 0.6 is 0 Å². The summed E-state index contributed by atoms with van der Waals surface area (Å²) in [5.41, 5.74) is -0.602. The number of nitrogens with one attached hydrogen (secondary N) is 1. The lowest BCUT2D eigenvalue weighted by Gasteiger charge is -2.25. The maximum Gasteiger partial charge on any atom is 0.352 e. The Bertz CT molecular complexity index is 615. The number of carboxylic acids is 1. The number of aromatic carboxylic acids is 1. The topological polar surface area (TPSA) is 88.4 Å². The van der Waals surface area contributed by atoms with Gasteiger partial charge in [0.15, 0.2) is 0 Å². The first-order chi connectivity index (χ1) is 9.50. The van der Waals surface area contributed by atoms with E-state index < -0.39 is 21.5 Å². The third kappa shape index (κ3) is 4.31. The predicted molar refractivity (Wildman–Crippen MR) is 81.1 cm³/mol. The zero-order valence-corrected chi connectivity index (χ0v) is 14.0. The molecule has 1 aromatic rings. The maximum absolute atomic E-state index is 12.4. The van der Waals surface area contributed by atoms with E-state index in [1.807, 2.05) is 20.8 Å². The average Bonchev–Trinajstić information content (AvgIpc) is 2.72. The standard InChI is InChI=1S/C14H24N2O4S/c1-6-7-14(4,5)15-21(19,20)11-8-12(13(17)18)16(9-11)10(2)3/h8-10,15H,6-7H2,1-5H3,(H,17,18). The minimum atomic E-state index is -3.74. The van der Waals surface area contributed by atoms with Crippen molar-refractivity contribution in [1.29, 1.82) is 0 Å². The molecule has 120 valence electrons. The molecule has 1 aromatic heterocycles. The first-order valence-corrected chi connectivity index (χ1v) is 8.47. The third-order valence-electron chi connectivity index (χ3n) is 3.19. The normalized spacial score (nSPS) is 12.9. The summed E-state index contributed by atoms with van der Waals surface area (Å²) in [5, 5.41) is 9.17. The molecule has 21 heavy (non-hydrogen) atoms. The molecule has 0 saturated carbocycles. The van der Waals surface area contributed by atoms with Gasteiger partial charge in [-0.15, -0.1) is 0 Å².